The highest BCUT2D eigenvalue weighted by atomic mass is 16.5. The zero-order valence-corrected chi connectivity index (χ0v) is 15.2. The lowest BCUT2D eigenvalue weighted by Crippen LogP contribution is -2.37. The molecule has 2 aromatic rings. The van der Waals surface area contributed by atoms with Gasteiger partial charge in [0.2, 0.25) is 0 Å². The van der Waals surface area contributed by atoms with E-state index in [1.165, 1.54) is 5.56 Å². The summed E-state index contributed by atoms with van der Waals surface area (Å²) in [4.78, 5) is 4.31. The van der Waals surface area contributed by atoms with Gasteiger partial charge < -0.3 is 14.8 Å². The summed E-state index contributed by atoms with van der Waals surface area (Å²) in [7, 11) is 0. The molecule has 1 fully saturated rings. The van der Waals surface area contributed by atoms with E-state index in [0.717, 1.165) is 44.0 Å². The quantitative estimate of drug-likeness (QED) is 0.829. The Morgan fingerprint density at radius 3 is 2.84 bits per heavy atom. The van der Waals surface area contributed by atoms with Gasteiger partial charge in [-0.1, -0.05) is 24.3 Å². The molecule has 4 heteroatoms. The van der Waals surface area contributed by atoms with E-state index >= 15 is 0 Å². The third-order valence-electron chi connectivity index (χ3n) is 4.62. The first-order valence-corrected chi connectivity index (χ1v) is 9.08. The molecule has 1 N–H and O–H groups in total. The number of benzene rings is 1. The molecule has 1 aromatic carbocycles. The Morgan fingerprint density at radius 1 is 1.20 bits per heavy atom. The van der Waals surface area contributed by atoms with Crippen molar-refractivity contribution in [1.82, 2.24) is 10.3 Å². The first-order chi connectivity index (χ1) is 12.1. The van der Waals surface area contributed by atoms with E-state index in [1.807, 2.05) is 30.3 Å². The van der Waals surface area contributed by atoms with Gasteiger partial charge in [0.1, 0.15) is 12.4 Å². The molecule has 1 unspecified atom stereocenters. The fraction of sp³-hybridized carbons (Fsp3) is 0.476. The van der Waals surface area contributed by atoms with E-state index in [9.17, 15) is 0 Å². The van der Waals surface area contributed by atoms with E-state index in [-0.39, 0.29) is 5.60 Å². The van der Waals surface area contributed by atoms with Crippen molar-refractivity contribution < 1.29 is 9.47 Å². The van der Waals surface area contributed by atoms with Gasteiger partial charge in [0.15, 0.2) is 0 Å². The third kappa shape index (κ3) is 5.55. The van der Waals surface area contributed by atoms with Crippen LogP contribution in [0.25, 0.3) is 0 Å². The van der Waals surface area contributed by atoms with E-state index in [0.29, 0.717) is 12.5 Å². The van der Waals surface area contributed by atoms with Crippen LogP contribution in [0.15, 0.2) is 48.7 Å². The van der Waals surface area contributed by atoms with E-state index in [4.69, 9.17) is 9.47 Å². The maximum absolute atomic E-state index is 5.98. The molecule has 1 saturated heterocycles. The van der Waals surface area contributed by atoms with Gasteiger partial charge in [0.25, 0.3) is 0 Å². The van der Waals surface area contributed by atoms with Gasteiger partial charge in [-0.2, -0.15) is 0 Å². The van der Waals surface area contributed by atoms with Crippen LogP contribution in [0, 0.1) is 5.92 Å². The molecule has 0 radical (unpaired) electrons. The number of aromatic nitrogens is 1. The lowest BCUT2D eigenvalue weighted by atomic mass is 9.88. The molecule has 0 spiro atoms. The highest BCUT2D eigenvalue weighted by Gasteiger charge is 2.28. The van der Waals surface area contributed by atoms with Crippen molar-refractivity contribution in [2.75, 3.05) is 13.2 Å². The minimum absolute atomic E-state index is 0.00823. The molecule has 1 aliphatic rings. The Kier molecular flexibility index (Phi) is 6.05. The number of rotatable bonds is 7. The molecule has 0 saturated carbocycles. The standard InChI is InChI=1S/C21H28N2O2/c1-21(2)13-17(10-12-25-21)14-22-15-18-7-3-4-9-20(18)24-16-19-8-5-6-11-23-19/h3-9,11,17,22H,10,12-16H2,1-2H3. The predicted octanol–water partition coefficient (Wildman–Crippen LogP) is 3.96. The van der Waals surface area contributed by atoms with Crippen LogP contribution in [0.1, 0.15) is 37.9 Å². The molecular weight excluding hydrogens is 312 g/mol. The van der Waals surface area contributed by atoms with Crippen LogP contribution < -0.4 is 10.1 Å². The van der Waals surface area contributed by atoms with Crippen LogP contribution in [0.2, 0.25) is 0 Å². The minimum atomic E-state index is 0.00823. The van der Waals surface area contributed by atoms with Gasteiger partial charge in [-0.3, -0.25) is 4.98 Å². The third-order valence-corrected chi connectivity index (χ3v) is 4.62. The van der Waals surface area contributed by atoms with E-state index < -0.39 is 0 Å². The molecule has 3 rings (SSSR count). The molecule has 134 valence electrons. The fourth-order valence-electron chi connectivity index (χ4n) is 3.37. The summed E-state index contributed by atoms with van der Waals surface area (Å²) in [6.45, 7) is 7.55. The summed E-state index contributed by atoms with van der Waals surface area (Å²) in [5.74, 6) is 1.60. The molecule has 0 amide bonds. The second kappa shape index (κ2) is 8.45. The van der Waals surface area contributed by atoms with Crippen molar-refractivity contribution in [3.05, 3.63) is 59.9 Å². The van der Waals surface area contributed by atoms with Crippen LogP contribution in [-0.2, 0) is 17.9 Å². The number of hydrogen-bond donors (Lipinski definition) is 1. The zero-order valence-electron chi connectivity index (χ0n) is 15.2. The lowest BCUT2D eigenvalue weighted by Gasteiger charge is -2.35. The maximum Gasteiger partial charge on any atom is 0.130 e. The molecular formula is C21H28N2O2. The van der Waals surface area contributed by atoms with E-state index in [2.05, 4.69) is 36.3 Å². The second-order valence-electron chi connectivity index (χ2n) is 7.32. The van der Waals surface area contributed by atoms with Crippen molar-refractivity contribution in [1.29, 1.82) is 0 Å². The number of hydrogen-bond acceptors (Lipinski definition) is 4. The molecule has 0 bridgehead atoms. The predicted molar refractivity (Wildman–Crippen MR) is 99.5 cm³/mol. The van der Waals surface area contributed by atoms with Crippen LogP contribution in [0.3, 0.4) is 0 Å². The molecule has 1 atom stereocenters. The maximum atomic E-state index is 5.98. The summed E-state index contributed by atoms with van der Waals surface area (Å²) < 4.78 is 11.8. The minimum Gasteiger partial charge on any atom is -0.487 e. The van der Waals surface area contributed by atoms with E-state index in [1.54, 1.807) is 6.20 Å². The van der Waals surface area contributed by atoms with Crippen LogP contribution >= 0.6 is 0 Å². The van der Waals surface area contributed by atoms with Crippen LogP contribution in [0.4, 0.5) is 0 Å². The molecule has 2 heterocycles. The normalized spacial score (nSPS) is 19.5. The molecule has 1 aliphatic heterocycles. The number of ether oxygens (including phenoxy) is 2. The zero-order chi connectivity index (χ0) is 17.5. The molecule has 1 aromatic heterocycles. The van der Waals surface area contributed by atoms with Crippen LogP contribution in [0.5, 0.6) is 5.75 Å². The Bertz CT molecular complexity index is 658. The topological polar surface area (TPSA) is 43.4 Å². The molecule has 25 heavy (non-hydrogen) atoms. The monoisotopic (exact) mass is 340 g/mol. The first kappa shape index (κ1) is 17.9. The Balaban J connectivity index is 1.51. The summed E-state index contributed by atoms with van der Waals surface area (Å²) in [5, 5.41) is 3.60. The number of pyridine rings is 1. The van der Waals surface area contributed by atoms with Crippen LogP contribution in [-0.4, -0.2) is 23.7 Å². The van der Waals surface area contributed by atoms with Crippen molar-refractivity contribution in [3.63, 3.8) is 0 Å². The van der Waals surface area contributed by atoms with Crippen molar-refractivity contribution >= 4 is 0 Å². The number of nitrogens with zero attached hydrogens (tertiary/aromatic N) is 1. The SMILES string of the molecule is CC1(C)CC(CNCc2ccccc2OCc2ccccn2)CCO1. The van der Waals surface area contributed by atoms with Crippen molar-refractivity contribution in [2.45, 2.75) is 45.4 Å². The lowest BCUT2D eigenvalue weighted by molar-refractivity contribution is -0.0718. The van der Waals surface area contributed by atoms with Gasteiger partial charge in [0, 0.05) is 24.9 Å². The molecule has 0 aliphatic carbocycles. The Morgan fingerprint density at radius 2 is 2.04 bits per heavy atom. The Hall–Kier alpha value is -1.91. The summed E-state index contributed by atoms with van der Waals surface area (Å²) in [5.41, 5.74) is 2.13. The average Bonchev–Trinajstić information content (AvgIpc) is 2.61. The van der Waals surface area contributed by atoms with Crippen molar-refractivity contribution in [3.8, 4) is 5.75 Å². The van der Waals surface area contributed by atoms with Gasteiger partial charge in [-0.05, 0) is 57.4 Å². The van der Waals surface area contributed by atoms with Gasteiger partial charge >= 0.3 is 0 Å². The highest BCUT2D eigenvalue weighted by Crippen LogP contribution is 2.28. The summed E-state index contributed by atoms with van der Waals surface area (Å²) in [6.07, 6.45) is 4.04. The average molecular weight is 340 g/mol. The van der Waals surface area contributed by atoms with Gasteiger partial charge in [-0.15, -0.1) is 0 Å². The van der Waals surface area contributed by atoms with Crippen molar-refractivity contribution in [2.24, 2.45) is 5.92 Å². The second-order valence-corrected chi connectivity index (χ2v) is 7.32. The number of nitrogens with one attached hydrogen (secondary N) is 1. The fourth-order valence-corrected chi connectivity index (χ4v) is 3.37. The first-order valence-electron chi connectivity index (χ1n) is 9.08. The molecule has 4 nitrogen and oxygen atoms in total. The smallest absolute Gasteiger partial charge is 0.130 e. The Labute approximate surface area is 150 Å². The highest BCUT2D eigenvalue weighted by molar-refractivity contribution is 5.33. The number of para-hydroxylation sites is 1. The summed E-state index contributed by atoms with van der Waals surface area (Å²) in [6, 6.07) is 14.1. The largest absolute Gasteiger partial charge is 0.487 e. The summed E-state index contributed by atoms with van der Waals surface area (Å²) >= 11 is 0. The van der Waals surface area contributed by atoms with Gasteiger partial charge in [-0.25, -0.2) is 0 Å². The van der Waals surface area contributed by atoms with Gasteiger partial charge in [0.05, 0.1) is 11.3 Å².